The fraction of sp³-hybridized carbons (Fsp3) is 0.375. The molecule has 20 heavy (non-hydrogen) atoms. The Morgan fingerprint density at radius 1 is 1.15 bits per heavy atom. The minimum absolute atomic E-state index is 0.838. The number of fused-ring (bicyclic) bond motifs is 1. The maximum Gasteiger partial charge on any atom is 0.161 e. The van der Waals surface area contributed by atoms with Gasteiger partial charge in [0.15, 0.2) is 5.82 Å². The van der Waals surface area contributed by atoms with Crippen molar-refractivity contribution in [2.75, 3.05) is 11.9 Å². The average Bonchev–Trinajstić information content (AvgIpc) is 2.94. The van der Waals surface area contributed by atoms with Crippen LogP contribution in [-0.2, 0) is 11.5 Å². The van der Waals surface area contributed by atoms with Crippen molar-refractivity contribution >= 4 is 17.6 Å². The molecule has 104 valence electrons. The summed E-state index contributed by atoms with van der Waals surface area (Å²) in [4.78, 5) is 9.50. The van der Waals surface area contributed by atoms with Crippen LogP contribution in [0.2, 0.25) is 0 Å². The van der Waals surface area contributed by atoms with Crippen molar-refractivity contribution in [3.63, 3.8) is 0 Å². The van der Waals surface area contributed by atoms with E-state index in [0.29, 0.717) is 0 Å². The largest absolute Gasteiger partial charge is 0.370 e. The van der Waals surface area contributed by atoms with Crippen molar-refractivity contribution in [1.29, 1.82) is 0 Å². The second kappa shape index (κ2) is 5.83. The highest BCUT2D eigenvalue weighted by Crippen LogP contribution is 2.34. The van der Waals surface area contributed by atoms with E-state index in [-0.39, 0.29) is 0 Å². The molecule has 1 aliphatic rings. The molecule has 4 heteroatoms. The number of thioether (sulfide) groups is 1. The van der Waals surface area contributed by atoms with Crippen molar-refractivity contribution < 1.29 is 0 Å². The van der Waals surface area contributed by atoms with Crippen LogP contribution in [0.4, 0.5) is 5.82 Å². The molecule has 0 fully saturated rings. The summed E-state index contributed by atoms with van der Waals surface area (Å²) in [6.07, 6.45) is 1.10. The zero-order valence-electron chi connectivity index (χ0n) is 11.9. The van der Waals surface area contributed by atoms with Gasteiger partial charge in [-0.2, -0.15) is 11.8 Å². The minimum Gasteiger partial charge on any atom is -0.370 e. The molecule has 0 bridgehead atoms. The molecule has 0 amide bonds. The van der Waals surface area contributed by atoms with Gasteiger partial charge >= 0.3 is 0 Å². The van der Waals surface area contributed by atoms with Crippen LogP contribution in [0.1, 0.15) is 30.2 Å². The first-order valence-electron chi connectivity index (χ1n) is 7.06. The number of nitrogens with zero attached hydrogens (tertiary/aromatic N) is 2. The van der Waals surface area contributed by atoms with Crippen LogP contribution in [0.3, 0.4) is 0 Å². The second-order valence-corrected chi connectivity index (χ2v) is 6.09. The SMILES string of the molecule is CCCNc1nc(-c2ccc(C)cc2)nc2c1CSC2. The Labute approximate surface area is 124 Å². The first kappa shape index (κ1) is 13.4. The number of aryl methyl sites for hydroxylation is 1. The molecular weight excluding hydrogens is 266 g/mol. The van der Waals surface area contributed by atoms with E-state index in [1.54, 1.807) is 0 Å². The third-order valence-corrected chi connectivity index (χ3v) is 4.40. The van der Waals surface area contributed by atoms with Crippen molar-refractivity contribution in [2.45, 2.75) is 31.8 Å². The number of hydrogen-bond acceptors (Lipinski definition) is 4. The van der Waals surface area contributed by atoms with Crippen LogP contribution in [0.5, 0.6) is 0 Å². The summed E-state index contributed by atoms with van der Waals surface area (Å²) < 4.78 is 0. The molecule has 0 radical (unpaired) electrons. The fourth-order valence-electron chi connectivity index (χ4n) is 2.27. The zero-order chi connectivity index (χ0) is 13.9. The summed E-state index contributed by atoms with van der Waals surface area (Å²) in [5, 5.41) is 3.45. The smallest absolute Gasteiger partial charge is 0.161 e. The van der Waals surface area contributed by atoms with Crippen molar-refractivity contribution in [2.24, 2.45) is 0 Å². The molecule has 0 unspecified atom stereocenters. The molecule has 0 saturated heterocycles. The molecule has 0 saturated carbocycles. The van der Waals surface area contributed by atoms with Crippen molar-refractivity contribution in [3.8, 4) is 11.4 Å². The maximum absolute atomic E-state index is 4.75. The highest BCUT2D eigenvalue weighted by Gasteiger charge is 2.20. The van der Waals surface area contributed by atoms with Crippen molar-refractivity contribution in [1.82, 2.24) is 9.97 Å². The van der Waals surface area contributed by atoms with Crippen LogP contribution >= 0.6 is 11.8 Å². The summed E-state index contributed by atoms with van der Waals surface area (Å²) in [6.45, 7) is 5.23. The molecule has 3 nitrogen and oxygen atoms in total. The molecule has 2 aromatic rings. The van der Waals surface area contributed by atoms with Gasteiger partial charge in [-0.25, -0.2) is 9.97 Å². The molecule has 1 N–H and O–H groups in total. The lowest BCUT2D eigenvalue weighted by Crippen LogP contribution is -2.08. The number of rotatable bonds is 4. The van der Waals surface area contributed by atoms with E-state index < -0.39 is 0 Å². The topological polar surface area (TPSA) is 37.8 Å². The summed E-state index contributed by atoms with van der Waals surface area (Å²) in [7, 11) is 0. The van der Waals surface area contributed by atoms with Gasteiger partial charge in [0.1, 0.15) is 5.82 Å². The quantitative estimate of drug-likeness (QED) is 0.920. The van der Waals surface area contributed by atoms with Crippen LogP contribution in [0.15, 0.2) is 24.3 Å². The first-order chi connectivity index (χ1) is 9.78. The summed E-state index contributed by atoms with van der Waals surface area (Å²) in [6, 6.07) is 8.42. The van der Waals surface area contributed by atoms with Crippen molar-refractivity contribution in [3.05, 3.63) is 41.1 Å². The Balaban J connectivity index is 2.01. The summed E-state index contributed by atoms with van der Waals surface area (Å²) >= 11 is 1.91. The second-order valence-electron chi connectivity index (χ2n) is 5.11. The van der Waals surface area contributed by atoms with Crippen LogP contribution in [0, 0.1) is 6.92 Å². The molecule has 1 aromatic carbocycles. The Morgan fingerprint density at radius 3 is 2.70 bits per heavy atom. The summed E-state index contributed by atoms with van der Waals surface area (Å²) in [5.41, 5.74) is 4.84. The zero-order valence-corrected chi connectivity index (χ0v) is 12.8. The van der Waals surface area contributed by atoms with Gasteiger partial charge in [-0.05, 0) is 13.3 Å². The lowest BCUT2D eigenvalue weighted by Gasteiger charge is -2.11. The van der Waals surface area contributed by atoms with E-state index in [4.69, 9.17) is 9.97 Å². The van der Waals surface area contributed by atoms with E-state index in [9.17, 15) is 0 Å². The average molecular weight is 285 g/mol. The molecular formula is C16H19N3S. The van der Waals surface area contributed by atoms with Gasteiger partial charge in [0.2, 0.25) is 0 Å². The van der Waals surface area contributed by atoms with Crippen LogP contribution in [0.25, 0.3) is 11.4 Å². The highest BCUT2D eigenvalue weighted by atomic mass is 32.2. The van der Waals surface area contributed by atoms with Gasteiger partial charge in [0.25, 0.3) is 0 Å². The number of nitrogens with one attached hydrogen (secondary N) is 1. The Morgan fingerprint density at radius 2 is 1.95 bits per heavy atom. The first-order valence-corrected chi connectivity index (χ1v) is 8.22. The van der Waals surface area contributed by atoms with Crippen LogP contribution in [-0.4, -0.2) is 16.5 Å². The Hall–Kier alpha value is -1.55. The maximum atomic E-state index is 4.75. The lowest BCUT2D eigenvalue weighted by atomic mass is 10.1. The van der Waals surface area contributed by atoms with E-state index in [1.807, 2.05) is 11.8 Å². The van der Waals surface area contributed by atoms with Gasteiger partial charge in [0.05, 0.1) is 5.69 Å². The number of hydrogen-bond donors (Lipinski definition) is 1. The third kappa shape index (κ3) is 2.66. The minimum atomic E-state index is 0.838. The summed E-state index contributed by atoms with van der Waals surface area (Å²) in [5.74, 6) is 3.88. The van der Waals surface area contributed by atoms with Gasteiger partial charge in [-0.1, -0.05) is 36.8 Å². The lowest BCUT2D eigenvalue weighted by molar-refractivity contribution is 0.955. The number of benzene rings is 1. The predicted molar refractivity (Wildman–Crippen MR) is 86.0 cm³/mol. The van der Waals surface area contributed by atoms with Gasteiger partial charge < -0.3 is 5.32 Å². The van der Waals surface area contributed by atoms with E-state index in [1.165, 1.54) is 16.8 Å². The third-order valence-electron chi connectivity index (χ3n) is 3.43. The molecule has 0 atom stereocenters. The van der Waals surface area contributed by atoms with Crippen LogP contribution < -0.4 is 5.32 Å². The Bertz CT molecular complexity index is 608. The molecule has 0 spiro atoms. The molecule has 3 rings (SSSR count). The van der Waals surface area contributed by atoms with Gasteiger partial charge in [0, 0.05) is 29.2 Å². The van der Waals surface area contributed by atoms with E-state index in [0.717, 1.165) is 41.7 Å². The number of aromatic nitrogens is 2. The number of anilines is 1. The highest BCUT2D eigenvalue weighted by molar-refractivity contribution is 7.98. The molecule has 1 aliphatic heterocycles. The van der Waals surface area contributed by atoms with E-state index >= 15 is 0 Å². The van der Waals surface area contributed by atoms with E-state index in [2.05, 4.69) is 43.4 Å². The van der Waals surface area contributed by atoms with Gasteiger partial charge in [-0.15, -0.1) is 0 Å². The molecule has 2 heterocycles. The Kier molecular flexibility index (Phi) is 3.92. The monoisotopic (exact) mass is 285 g/mol. The molecule has 0 aliphatic carbocycles. The normalized spacial score (nSPS) is 13.3. The fourth-order valence-corrected chi connectivity index (χ4v) is 3.31. The standard InChI is InChI=1S/C16H19N3S/c1-3-8-17-16-13-9-20-10-14(13)18-15(19-16)12-6-4-11(2)5-7-12/h4-7H,3,8-10H2,1-2H3,(H,17,18,19). The van der Waals surface area contributed by atoms with Gasteiger partial charge in [-0.3, -0.25) is 0 Å². The molecule has 1 aromatic heterocycles. The predicted octanol–water partition coefficient (Wildman–Crippen LogP) is 4.02.